The van der Waals surface area contributed by atoms with Gasteiger partial charge in [-0.05, 0) is 49.3 Å². The fourth-order valence-corrected chi connectivity index (χ4v) is 4.29. The van der Waals surface area contributed by atoms with Crippen LogP contribution < -0.4 is 10.6 Å². The second-order valence-electron chi connectivity index (χ2n) is 8.39. The first kappa shape index (κ1) is 22.1. The normalized spacial score (nSPS) is 20.2. The number of allylic oxidation sites excluding steroid dienone is 3. The summed E-state index contributed by atoms with van der Waals surface area (Å²) in [4.78, 5) is 19.6. The molecule has 176 valence electrons. The van der Waals surface area contributed by atoms with E-state index in [2.05, 4.69) is 19.9 Å². The van der Waals surface area contributed by atoms with E-state index in [1.807, 2.05) is 4.90 Å². The molecule has 5 rings (SSSR count). The van der Waals surface area contributed by atoms with Gasteiger partial charge in [0, 0.05) is 37.0 Å². The molecule has 0 bridgehead atoms. The minimum absolute atomic E-state index is 0.0663. The summed E-state index contributed by atoms with van der Waals surface area (Å²) in [5.41, 5.74) is 5.76. The molecule has 2 fully saturated rings. The highest BCUT2D eigenvalue weighted by atomic mass is 35.5. The quantitative estimate of drug-likeness (QED) is 0.669. The molecule has 0 radical (unpaired) electrons. The Morgan fingerprint density at radius 3 is 2.61 bits per heavy atom. The predicted octanol–water partition coefficient (Wildman–Crippen LogP) is 3.71. The number of anilines is 1. The number of ether oxygens (including phenoxy) is 1. The van der Waals surface area contributed by atoms with E-state index in [1.165, 1.54) is 6.08 Å². The summed E-state index contributed by atoms with van der Waals surface area (Å²) in [6.45, 7) is 2.65. The van der Waals surface area contributed by atoms with Gasteiger partial charge in [0.1, 0.15) is 5.82 Å². The maximum absolute atomic E-state index is 14.0. The van der Waals surface area contributed by atoms with Crippen LogP contribution in [0.15, 0.2) is 22.5 Å². The molecule has 0 unspecified atom stereocenters. The van der Waals surface area contributed by atoms with E-state index in [4.69, 9.17) is 22.1 Å². The predicted molar refractivity (Wildman–Crippen MR) is 119 cm³/mol. The Bertz CT molecular complexity index is 1160. The molecule has 2 aliphatic heterocycles. The summed E-state index contributed by atoms with van der Waals surface area (Å²) in [5, 5.41) is 0.251. The fourth-order valence-electron chi connectivity index (χ4n) is 4.05. The molecule has 3 aliphatic rings. The highest BCUT2D eigenvalue weighted by Crippen LogP contribution is 2.38. The van der Waals surface area contributed by atoms with E-state index in [-0.39, 0.29) is 35.3 Å². The molecule has 0 atom stereocenters. The van der Waals surface area contributed by atoms with Crippen LogP contribution in [-0.4, -0.2) is 58.2 Å². The van der Waals surface area contributed by atoms with Crippen LogP contribution in [0.2, 0.25) is 5.28 Å². The Morgan fingerprint density at radius 1 is 1.15 bits per heavy atom. The van der Waals surface area contributed by atoms with Crippen molar-refractivity contribution >= 4 is 40.4 Å². The summed E-state index contributed by atoms with van der Waals surface area (Å²) in [6.07, 6.45) is 0.0455. The van der Waals surface area contributed by atoms with Crippen molar-refractivity contribution in [2.24, 2.45) is 16.6 Å². The number of aromatic nitrogens is 4. The van der Waals surface area contributed by atoms with Crippen LogP contribution in [0.25, 0.3) is 16.7 Å². The molecule has 0 amide bonds. The molecular weight excluding hydrogens is 459 g/mol. The Hall–Kier alpha value is -2.66. The summed E-state index contributed by atoms with van der Waals surface area (Å²) in [7, 11) is 0. The van der Waals surface area contributed by atoms with E-state index < -0.39 is 11.7 Å². The topological polar surface area (TPSA) is 94.4 Å². The van der Waals surface area contributed by atoms with Gasteiger partial charge in [-0.3, -0.25) is 4.57 Å². The van der Waals surface area contributed by atoms with Crippen molar-refractivity contribution in [3.8, 4) is 0 Å². The maximum Gasteiger partial charge on any atom is 0.413 e. The van der Waals surface area contributed by atoms with Crippen molar-refractivity contribution in [1.82, 2.24) is 19.5 Å². The first-order valence-corrected chi connectivity index (χ1v) is 11.3. The zero-order valence-corrected chi connectivity index (χ0v) is 18.5. The Balaban J connectivity index is 1.74. The van der Waals surface area contributed by atoms with Crippen LogP contribution in [-0.2, 0) is 11.3 Å². The van der Waals surface area contributed by atoms with E-state index >= 15 is 0 Å². The third kappa shape index (κ3) is 4.56. The van der Waals surface area contributed by atoms with Gasteiger partial charge in [-0.2, -0.15) is 13.2 Å². The molecule has 0 aromatic carbocycles. The lowest BCUT2D eigenvalue weighted by Crippen LogP contribution is -2.37. The molecule has 1 aliphatic carbocycles. The maximum atomic E-state index is 14.0. The van der Waals surface area contributed by atoms with Gasteiger partial charge in [-0.15, -0.1) is 0 Å². The van der Waals surface area contributed by atoms with Gasteiger partial charge in [-0.1, -0.05) is 0 Å². The number of imidazole rings is 1. The van der Waals surface area contributed by atoms with Crippen molar-refractivity contribution < 1.29 is 17.9 Å². The lowest BCUT2D eigenvalue weighted by Gasteiger charge is -2.28. The molecule has 0 spiro atoms. The number of morpholine rings is 1. The van der Waals surface area contributed by atoms with E-state index in [9.17, 15) is 13.2 Å². The first-order valence-electron chi connectivity index (χ1n) is 10.9. The zero-order valence-electron chi connectivity index (χ0n) is 17.8. The molecule has 4 heterocycles. The summed E-state index contributed by atoms with van der Waals surface area (Å²) in [5.74, 6) is 0.999. The van der Waals surface area contributed by atoms with Crippen LogP contribution in [0.3, 0.4) is 0 Å². The van der Waals surface area contributed by atoms with Gasteiger partial charge < -0.3 is 15.4 Å². The number of nitrogens with zero attached hydrogens (tertiary/aromatic N) is 6. The van der Waals surface area contributed by atoms with Gasteiger partial charge >= 0.3 is 6.18 Å². The van der Waals surface area contributed by atoms with E-state index in [1.54, 1.807) is 4.57 Å². The monoisotopic (exact) mass is 481 g/mol. The average molecular weight is 482 g/mol. The van der Waals surface area contributed by atoms with Gasteiger partial charge in [0.2, 0.25) is 5.28 Å². The van der Waals surface area contributed by atoms with Crippen molar-refractivity contribution in [2.45, 2.75) is 38.4 Å². The van der Waals surface area contributed by atoms with Crippen molar-refractivity contribution in [1.29, 1.82) is 0 Å². The number of halogens is 4. The lowest BCUT2D eigenvalue weighted by atomic mass is 10.0. The third-order valence-corrected chi connectivity index (χ3v) is 6.27. The standard InChI is InChI=1S/C21H23ClF3N7O/c22-20-28-16-18(31-6-8-33-9-7-31)29-17(30-19(16)32(20)11-12-4-5-12)13-10-27-15(26)3-1-2-14(13)21(23,24)25/h3,10,12H,1-2,4-9,11,26H2. The van der Waals surface area contributed by atoms with E-state index in [0.717, 1.165) is 19.1 Å². The molecule has 12 heteroatoms. The number of aliphatic imine (C=N–C) groups is 1. The van der Waals surface area contributed by atoms with Gasteiger partial charge in [0.15, 0.2) is 22.8 Å². The SMILES string of the molecule is NC1=CCCC(C(F)(F)F)=C(c2nc(N3CCOCC3)c3nc(Cl)n(CC4CC4)c3n2)C=N1. The molecule has 8 nitrogen and oxygen atoms in total. The molecule has 1 saturated heterocycles. The molecule has 1 saturated carbocycles. The Kier molecular flexibility index (Phi) is 5.77. The van der Waals surface area contributed by atoms with Crippen molar-refractivity contribution in [3.05, 3.63) is 28.6 Å². The number of hydrogen-bond donors (Lipinski definition) is 1. The summed E-state index contributed by atoms with van der Waals surface area (Å²) < 4.78 is 49.3. The average Bonchev–Trinajstić information content (AvgIpc) is 3.53. The number of alkyl halides is 3. The number of fused-ring (bicyclic) bond motifs is 1. The van der Waals surface area contributed by atoms with Gasteiger partial charge in [-0.25, -0.2) is 19.9 Å². The minimum atomic E-state index is -4.56. The number of nitrogens with two attached hydrogens (primary N) is 1. The van der Waals surface area contributed by atoms with Crippen LogP contribution in [0.1, 0.15) is 31.5 Å². The Morgan fingerprint density at radius 2 is 1.91 bits per heavy atom. The largest absolute Gasteiger partial charge is 0.413 e. The third-order valence-electron chi connectivity index (χ3n) is 5.98. The van der Waals surface area contributed by atoms with E-state index in [0.29, 0.717) is 55.7 Å². The minimum Gasteiger partial charge on any atom is -0.384 e. The highest BCUT2D eigenvalue weighted by Gasteiger charge is 2.37. The second kappa shape index (κ2) is 8.60. The van der Waals surface area contributed by atoms with Crippen molar-refractivity contribution in [2.75, 3.05) is 31.2 Å². The fraction of sp³-hybridized carbons (Fsp3) is 0.524. The lowest BCUT2D eigenvalue weighted by molar-refractivity contribution is -0.0931. The number of hydrogen-bond acceptors (Lipinski definition) is 7. The molecular formula is C21H23ClF3N7O. The first-order chi connectivity index (χ1) is 15.8. The van der Waals surface area contributed by atoms with Crippen LogP contribution >= 0.6 is 11.6 Å². The summed E-state index contributed by atoms with van der Waals surface area (Å²) in [6, 6.07) is 0. The molecule has 2 N–H and O–H groups in total. The Labute approximate surface area is 193 Å². The van der Waals surface area contributed by atoms with Gasteiger partial charge in [0.05, 0.1) is 13.2 Å². The molecule has 2 aromatic rings. The van der Waals surface area contributed by atoms with Gasteiger partial charge in [0.25, 0.3) is 0 Å². The van der Waals surface area contributed by atoms with Crippen LogP contribution in [0.4, 0.5) is 19.0 Å². The smallest absolute Gasteiger partial charge is 0.384 e. The molecule has 2 aromatic heterocycles. The van der Waals surface area contributed by atoms with Crippen LogP contribution in [0.5, 0.6) is 0 Å². The zero-order chi connectivity index (χ0) is 23.2. The number of rotatable bonds is 4. The summed E-state index contributed by atoms with van der Waals surface area (Å²) >= 11 is 6.46. The highest BCUT2D eigenvalue weighted by molar-refractivity contribution is 6.29. The van der Waals surface area contributed by atoms with Crippen molar-refractivity contribution in [3.63, 3.8) is 0 Å². The van der Waals surface area contributed by atoms with Crippen LogP contribution in [0, 0.1) is 5.92 Å². The second-order valence-corrected chi connectivity index (χ2v) is 8.73. The molecule has 33 heavy (non-hydrogen) atoms.